The fraction of sp³-hybridized carbons (Fsp3) is 0.417. The van der Waals surface area contributed by atoms with Crippen LogP contribution in [0.1, 0.15) is 6.42 Å². The Kier molecular flexibility index (Phi) is 2.70. The van der Waals surface area contributed by atoms with E-state index in [0.29, 0.717) is 6.54 Å². The van der Waals surface area contributed by atoms with E-state index in [1.807, 2.05) is 0 Å². The number of non-ortho nitro benzene ring substituents is 1. The lowest BCUT2D eigenvalue weighted by molar-refractivity contribution is -0.384. The van der Waals surface area contributed by atoms with Gasteiger partial charge in [0.05, 0.1) is 9.82 Å². The van der Waals surface area contributed by atoms with Crippen molar-refractivity contribution in [3.63, 3.8) is 0 Å². The number of hydrogen-bond acceptors (Lipinski definition) is 5. The lowest BCUT2D eigenvalue weighted by atomic mass is 10.1. The molecule has 106 valence electrons. The highest BCUT2D eigenvalue weighted by Gasteiger charge is 2.62. The number of fused-ring (bicyclic) bond motifs is 1. The van der Waals surface area contributed by atoms with Crippen molar-refractivity contribution in [2.45, 2.75) is 11.3 Å². The van der Waals surface area contributed by atoms with Crippen molar-refractivity contribution in [1.82, 2.24) is 4.31 Å². The number of piperidine rings is 1. The van der Waals surface area contributed by atoms with E-state index >= 15 is 0 Å². The summed E-state index contributed by atoms with van der Waals surface area (Å²) >= 11 is 0. The fourth-order valence-corrected chi connectivity index (χ4v) is 4.30. The molecule has 1 heterocycles. The van der Waals surface area contributed by atoms with E-state index in [4.69, 9.17) is 0 Å². The Balaban J connectivity index is 1.86. The smallest absolute Gasteiger partial charge is 0.269 e. The minimum absolute atomic E-state index is 0.0189. The van der Waals surface area contributed by atoms with Gasteiger partial charge in [-0.3, -0.25) is 10.1 Å². The minimum Gasteiger partial charge on any atom is -0.303 e. The van der Waals surface area contributed by atoms with Crippen molar-refractivity contribution < 1.29 is 18.1 Å². The second-order valence-electron chi connectivity index (χ2n) is 5.30. The molecule has 2 unspecified atom stereocenters. The van der Waals surface area contributed by atoms with Crippen LogP contribution in [0.4, 0.5) is 5.69 Å². The second-order valence-corrected chi connectivity index (χ2v) is 7.24. The van der Waals surface area contributed by atoms with Gasteiger partial charge < -0.3 is 4.79 Å². The number of nitro benzene ring substituents is 1. The molecule has 1 aromatic rings. The van der Waals surface area contributed by atoms with Crippen LogP contribution in [0.2, 0.25) is 0 Å². The van der Waals surface area contributed by atoms with Crippen molar-refractivity contribution >= 4 is 22.0 Å². The van der Waals surface area contributed by atoms with Crippen LogP contribution in [-0.2, 0) is 14.8 Å². The molecule has 0 radical (unpaired) electrons. The van der Waals surface area contributed by atoms with Crippen LogP contribution in [-0.4, -0.2) is 37.0 Å². The van der Waals surface area contributed by atoms with Gasteiger partial charge in [0.25, 0.3) is 5.69 Å². The Morgan fingerprint density at radius 1 is 1.35 bits per heavy atom. The number of aldehydes is 1. The molecule has 0 amide bonds. The van der Waals surface area contributed by atoms with Crippen molar-refractivity contribution in [2.75, 3.05) is 13.1 Å². The highest BCUT2D eigenvalue weighted by atomic mass is 32.2. The SMILES string of the molecule is O=CC12CC1CN(S(=O)(=O)c1ccc([N+](=O)[O-])cc1)C2. The molecular formula is C12H12N2O5S. The molecule has 1 saturated heterocycles. The molecule has 7 nitrogen and oxygen atoms in total. The molecule has 0 aromatic heterocycles. The van der Waals surface area contributed by atoms with E-state index in [0.717, 1.165) is 12.7 Å². The van der Waals surface area contributed by atoms with Gasteiger partial charge in [-0.2, -0.15) is 4.31 Å². The van der Waals surface area contributed by atoms with Gasteiger partial charge in [0.15, 0.2) is 0 Å². The number of benzene rings is 1. The molecule has 1 saturated carbocycles. The zero-order valence-electron chi connectivity index (χ0n) is 10.4. The maximum absolute atomic E-state index is 12.4. The molecule has 1 aromatic carbocycles. The number of carbonyl (C=O) groups excluding carboxylic acids is 1. The topological polar surface area (TPSA) is 97.6 Å². The highest BCUT2D eigenvalue weighted by molar-refractivity contribution is 7.89. The Morgan fingerprint density at radius 3 is 2.50 bits per heavy atom. The fourth-order valence-electron chi connectivity index (χ4n) is 2.73. The predicted octanol–water partition coefficient (Wildman–Crippen LogP) is 0.804. The second kappa shape index (κ2) is 4.10. The lowest BCUT2D eigenvalue weighted by Crippen LogP contribution is -2.32. The highest BCUT2D eigenvalue weighted by Crippen LogP contribution is 2.57. The van der Waals surface area contributed by atoms with Crippen molar-refractivity contribution in [1.29, 1.82) is 0 Å². The van der Waals surface area contributed by atoms with E-state index in [9.17, 15) is 23.3 Å². The van der Waals surface area contributed by atoms with E-state index < -0.39 is 20.4 Å². The predicted molar refractivity (Wildman–Crippen MR) is 68.5 cm³/mol. The molecule has 3 rings (SSSR count). The lowest BCUT2D eigenvalue weighted by Gasteiger charge is -2.18. The summed E-state index contributed by atoms with van der Waals surface area (Å²) in [5, 5.41) is 10.6. The molecule has 1 aliphatic carbocycles. The summed E-state index contributed by atoms with van der Waals surface area (Å²) in [5.41, 5.74) is -0.647. The van der Waals surface area contributed by atoms with Gasteiger partial charge in [-0.25, -0.2) is 8.42 Å². The van der Waals surface area contributed by atoms with Gasteiger partial charge in [0, 0.05) is 30.6 Å². The molecule has 2 atom stereocenters. The molecular weight excluding hydrogens is 284 g/mol. The molecule has 0 spiro atoms. The molecule has 0 bridgehead atoms. The summed E-state index contributed by atoms with van der Waals surface area (Å²) in [5.74, 6) is 0.118. The van der Waals surface area contributed by atoms with Crippen molar-refractivity contribution in [2.24, 2.45) is 11.3 Å². The largest absolute Gasteiger partial charge is 0.303 e. The van der Waals surface area contributed by atoms with Crippen LogP contribution in [0.3, 0.4) is 0 Å². The van der Waals surface area contributed by atoms with Crippen LogP contribution in [0.25, 0.3) is 0 Å². The van der Waals surface area contributed by atoms with Gasteiger partial charge in [-0.05, 0) is 24.5 Å². The number of nitro groups is 1. The number of nitrogens with zero attached hydrogens (tertiary/aromatic N) is 2. The Hall–Kier alpha value is -1.80. The van der Waals surface area contributed by atoms with Crippen LogP contribution in [0.5, 0.6) is 0 Å². The molecule has 20 heavy (non-hydrogen) atoms. The Labute approximate surface area is 115 Å². The van der Waals surface area contributed by atoms with E-state index in [1.54, 1.807) is 0 Å². The van der Waals surface area contributed by atoms with Gasteiger partial charge in [0.1, 0.15) is 6.29 Å². The zero-order valence-corrected chi connectivity index (χ0v) is 11.2. The van der Waals surface area contributed by atoms with Gasteiger partial charge in [-0.1, -0.05) is 0 Å². The molecule has 2 aliphatic rings. The molecule has 2 fully saturated rings. The summed E-state index contributed by atoms with van der Waals surface area (Å²) in [6.45, 7) is 0.554. The maximum Gasteiger partial charge on any atom is 0.269 e. The maximum atomic E-state index is 12.4. The number of carbonyl (C=O) groups is 1. The van der Waals surface area contributed by atoms with Gasteiger partial charge in [-0.15, -0.1) is 0 Å². The first-order valence-electron chi connectivity index (χ1n) is 6.10. The third-order valence-electron chi connectivity index (χ3n) is 4.09. The number of hydrogen-bond donors (Lipinski definition) is 0. The summed E-state index contributed by atoms with van der Waals surface area (Å²) < 4.78 is 26.0. The molecule has 0 N–H and O–H groups in total. The molecule has 1 aliphatic heterocycles. The van der Waals surface area contributed by atoms with Crippen molar-refractivity contribution in [3.8, 4) is 0 Å². The third-order valence-corrected chi connectivity index (χ3v) is 5.92. The zero-order chi connectivity index (χ0) is 14.5. The first-order chi connectivity index (χ1) is 9.39. The number of rotatable bonds is 4. The Bertz CT molecular complexity index is 684. The summed E-state index contributed by atoms with van der Waals surface area (Å²) in [4.78, 5) is 21.0. The molecule has 8 heteroatoms. The van der Waals surface area contributed by atoms with E-state index in [1.165, 1.54) is 28.6 Å². The first kappa shape index (κ1) is 13.2. The summed E-state index contributed by atoms with van der Waals surface area (Å²) in [7, 11) is -3.68. The van der Waals surface area contributed by atoms with E-state index in [2.05, 4.69) is 0 Å². The third kappa shape index (κ3) is 1.83. The quantitative estimate of drug-likeness (QED) is 0.465. The summed E-state index contributed by atoms with van der Waals surface area (Å²) in [6.07, 6.45) is 1.60. The Morgan fingerprint density at radius 2 is 2.00 bits per heavy atom. The van der Waals surface area contributed by atoms with Crippen molar-refractivity contribution in [3.05, 3.63) is 34.4 Å². The first-order valence-corrected chi connectivity index (χ1v) is 7.54. The average molecular weight is 296 g/mol. The van der Waals surface area contributed by atoms with Crippen LogP contribution in [0, 0.1) is 21.4 Å². The van der Waals surface area contributed by atoms with Crippen LogP contribution in [0.15, 0.2) is 29.2 Å². The van der Waals surface area contributed by atoms with Gasteiger partial charge in [0.2, 0.25) is 10.0 Å². The standard InChI is InChI=1S/C12H12N2O5S/c15-8-12-5-9(12)6-13(7-12)20(18,19)11-3-1-10(2-4-11)14(16)17/h1-4,8-9H,5-7H2. The minimum atomic E-state index is -3.68. The number of sulfonamides is 1. The normalized spacial score (nSPS) is 28.9. The summed E-state index contributed by atoms with van der Waals surface area (Å²) in [6, 6.07) is 4.79. The van der Waals surface area contributed by atoms with Crippen LogP contribution >= 0.6 is 0 Å². The average Bonchev–Trinajstić information content (AvgIpc) is 3.00. The van der Waals surface area contributed by atoms with Gasteiger partial charge >= 0.3 is 0 Å². The monoisotopic (exact) mass is 296 g/mol. The van der Waals surface area contributed by atoms with Crippen LogP contribution < -0.4 is 0 Å². The van der Waals surface area contributed by atoms with E-state index in [-0.39, 0.29) is 23.0 Å².